The summed E-state index contributed by atoms with van der Waals surface area (Å²) in [7, 11) is 1.91. The summed E-state index contributed by atoms with van der Waals surface area (Å²) in [5.41, 5.74) is 6.79. The minimum Gasteiger partial charge on any atom is -0.481 e. The minimum atomic E-state index is -0.858. The molecule has 1 rings (SSSR count). The van der Waals surface area contributed by atoms with Crippen molar-refractivity contribution in [3.05, 3.63) is 24.3 Å². The summed E-state index contributed by atoms with van der Waals surface area (Å²) in [5.74, 6) is -0.858. The first kappa shape index (κ1) is 13.9. The Morgan fingerprint density at radius 3 is 2.53 bits per heavy atom. The van der Waals surface area contributed by atoms with Crippen molar-refractivity contribution in [1.29, 1.82) is 0 Å². The van der Waals surface area contributed by atoms with Gasteiger partial charge in [0.1, 0.15) is 0 Å². The predicted octanol–water partition coefficient (Wildman–Crippen LogP) is 1.65. The monoisotopic (exact) mass is 254 g/mol. The molecule has 0 aromatic heterocycles. The van der Waals surface area contributed by atoms with Gasteiger partial charge in [0.15, 0.2) is 0 Å². The zero-order chi connectivity index (χ0) is 12.8. The van der Waals surface area contributed by atoms with E-state index in [1.807, 2.05) is 42.5 Å². The highest BCUT2D eigenvalue weighted by atomic mass is 32.2. The molecule has 17 heavy (non-hydrogen) atoms. The van der Waals surface area contributed by atoms with E-state index in [-0.39, 0.29) is 12.5 Å². The van der Waals surface area contributed by atoms with E-state index in [1.54, 1.807) is 11.8 Å². The minimum absolute atomic E-state index is 0.00671. The van der Waals surface area contributed by atoms with Gasteiger partial charge in [-0.25, -0.2) is 0 Å². The zero-order valence-electron chi connectivity index (χ0n) is 10.1. The van der Waals surface area contributed by atoms with Crippen molar-refractivity contribution >= 4 is 23.4 Å². The third-order valence-electron chi connectivity index (χ3n) is 2.46. The van der Waals surface area contributed by atoms with Crippen LogP contribution in [-0.2, 0) is 4.79 Å². The number of nitrogens with zero attached hydrogens (tertiary/aromatic N) is 1. The highest BCUT2D eigenvalue weighted by molar-refractivity contribution is 7.98. The summed E-state index contributed by atoms with van der Waals surface area (Å²) >= 11 is 1.69. The molecule has 5 heteroatoms. The first-order chi connectivity index (χ1) is 8.02. The Hall–Kier alpha value is -1.20. The second kappa shape index (κ2) is 6.51. The van der Waals surface area contributed by atoms with Gasteiger partial charge in [-0.2, -0.15) is 0 Å². The molecule has 94 valence electrons. The molecule has 0 fully saturated rings. The van der Waals surface area contributed by atoms with Crippen molar-refractivity contribution in [2.45, 2.75) is 17.4 Å². The molecule has 0 saturated carbocycles. The molecule has 1 atom stereocenters. The van der Waals surface area contributed by atoms with E-state index in [0.717, 1.165) is 5.69 Å². The second-order valence-electron chi connectivity index (χ2n) is 3.94. The van der Waals surface area contributed by atoms with Crippen LogP contribution in [0.4, 0.5) is 5.69 Å². The van der Waals surface area contributed by atoms with Crippen molar-refractivity contribution in [3.8, 4) is 0 Å². The van der Waals surface area contributed by atoms with Gasteiger partial charge in [-0.15, -0.1) is 11.8 Å². The zero-order valence-corrected chi connectivity index (χ0v) is 10.9. The van der Waals surface area contributed by atoms with Gasteiger partial charge >= 0.3 is 5.97 Å². The molecule has 1 aromatic rings. The lowest BCUT2D eigenvalue weighted by molar-refractivity contribution is -0.137. The van der Waals surface area contributed by atoms with Crippen molar-refractivity contribution in [3.63, 3.8) is 0 Å². The number of aliphatic carboxylic acids is 1. The molecule has 0 aliphatic carbocycles. The average molecular weight is 254 g/mol. The Labute approximate surface area is 106 Å². The third kappa shape index (κ3) is 4.66. The highest BCUT2D eigenvalue weighted by Gasteiger charge is 2.11. The molecule has 0 amide bonds. The molecule has 1 unspecified atom stereocenters. The summed E-state index contributed by atoms with van der Waals surface area (Å²) in [5, 5.41) is 8.63. The lowest BCUT2D eigenvalue weighted by atomic mass is 10.2. The molecular formula is C12H18N2O2S. The van der Waals surface area contributed by atoms with Crippen LogP contribution >= 0.6 is 11.8 Å². The molecule has 0 heterocycles. The number of anilines is 1. The summed E-state index contributed by atoms with van der Waals surface area (Å²) in [6, 6.07) is 7.76. The maximum Gasteiger partial charge on any atom is 0.304 e. The number of hydrogen-bond acceptors (Lipinski definition) is 4. The van der Waals surface area contributed by atoms with Gasteiger partial charge in [0.25, 0.3) is 0 Å². The van der Waals surface area contributed by atoms with E-state index >= 15 is 0 Å². The van der Waals surface area contributed by atoms with E-state index < -0.39 is 5.97 Å². The number of carboxylic acids is 1. The van der Waals surface area contributed by atoms with Crippen molar-refractivity contribution in [2.24, 2.45) is 5.73 Å². The molecule has 0 radical (unpaired) electrons. The van der Waals surface area contributed by atoms with Gasteiger partial charge in [0, 0.05) is 30.2 Å². The maximum absolute atomic E-state index is 10.5. The molecule has 3 N–H and O–H groups in total. The number of thioether (sulfide) groups is 1. The third-order valence-corrected chi connectivity index (χ3v) is 3.20. The van der Waals surface area contributed by atoms with Crippen LogP contribution in [-0.4, -0.2) is 37.0 Å². The summed E-state index contributed by atoms with van der Waals surface area (Å²) in [6.07, 6.45) is 2.02. The Balaban J connectivity index is 2.56. The highest BCUT2D eigenvalue weighted by Crippen LogP contribution is 2.19. The van der Waals surface area contributed by atoms with Gasteiger partial charge in [0.2, 0.25) is 0 Å². The summed E-state index contributed by atoms with van der Waals surface area (Å²) in [4.78, 5) is 13.7. The maximum atomic E-state index is 10.5. The van der Waals surface area contributed by atoms with E-state index in [9.17, 15) is 4.79 Å². The normalized spacial score (nSPS) is 12.2. The molecule has 4 nitrogen and oxygen atoms in total. The molecule has 0 aliphatic heterocycles. The van der Waals surface area contributed by atoms with Gasteiger partial charge in [-0.1, -0.05) is 0 Å². The van der Waals surface area contributed by atoms with Gasteiger partial charge in [0.05, 0.1) is 6.42 Å². The molecule has 0 saturated heterocycles. The standard InChI is InChI=1S/C12H18N2O2S/c1-14(8-9(13)7-12(15)16)10-3-5-11(17-2)6-4-10/h3-6,9H,7-8,13H2,1-2H3,(H,15,16). The van der Waals surface area contributed by atoms with Crippen LogP contribution in [0.15, 0.2) is 29.2 Å². The van der Waals surface area contributed by atoms with Crippen molar-refractivity contribution < 1.29 is 9.90 Å². The number of carboxylic acid groups (broad SMARTS) is 1. The van der Waals surface area contributed by atoms with Crippen LogP contribution in [0.25, 0.3) is 0 Å². The Kier molecular flexibility index (Phi) is 5.31. The first-order valence-corrected chi connectivity index (χ1v) is 6.58. The first-order valence-electron chi connectivity index (χ1n) is 5.35. The summed E-state index contributed by atoms with van der Waals surface area (Å²) in [6.45, 7) is 0.533. The number of nitrogens with two attached hydrogens (primary N) is 1. The SMILES string of the molecule is CSc1ccc(N(C)CC(N)CC(=O)O)cc1. The van der Waals surface area contributed by atoms with Gasteiger partial charge < -0.3 is 15.7 Å². The number of carbonyl (C=O) groups is 1. The van der Waals surface area contributed by atoms with Crippen LogP contribution in [0.5, 0.6) is 0 Å². The van der Waals surface area contributed by atoms with Crippen LogP contribution < -0.4 is 10.6 Å². The second-order valence-corrected chi connectivity index (χ2v) is 4.82. The van der Waals surface area contributed by atoms with E-state index in [2.05, 4.69) is 0 Å². The van der Waals surface area contributed by atoms with Gasteiger partial charge in [-0.05, 0) is 30.5 Å². The molecule has 1 aromatic carbocycles. The van der Waals surface area contributed by atoms with E-state index in [4.69, 9.17) is 10.8 Å². The van der Waals surface area contributed by atoms with Crippen LogP contribution in [0, 0.1) is 0 Å². The smallest absolute Gasteiger partial charge is 0.304 e. The number of likely N-dealkylation sites (N-methyl/N-ethyl adjacent to an activating group) is 1. The quantitative estimate of drug-likeness (QED) is 0.756. The number of benzene rings is 1. The largest absolute Gasteiger partial charge is 0.481 e. The Bertz CT molecular complexity index is 367. The Morgan fingerprint density at radius 1 is 1.47 bits per heavy atom. The fraction of sp³-hybridized carbons (Fsp3) is 0.417. The van der Waals surface area contributed by atoms with Crippen LogP contribution in [0.3, 0.4) is 0 Å². The lowest BCUT2D eigenvalue weighted by Crippen LogP contribution is -2.36. The lowest BCUT2D eigenvalue weighted by Gasteiger charge is -2.22. The molecule has 0 aliphatic rings. The van der Waals surface area contributed by atoms with E-state index in [0.29, 0.717) is 6.54 Å². The fourth-order valence-electron chi connectivity index (χ4n) is 1.58. The molecule has 0 spiro atoms. The van der Waals surface area contributed by atoms with Crippen molar-refractivity contribution in [1.82, 2.24) is 0 Å². The van der Waals surface area contributed by atoms with Crippen LogP contribution in [0.1, 0.15) is 6.42 Å². The number of hydrogen-bond donors (Lipinski definition) is 2. The molecule has 0 bridgehead atoms. The Morgan fingerprint density at radius 2 is 2.06 bits per heavy atom. The number of rotatable bonds is 6. The molecular weight excluding hydrogens is 236 g/mol. The van der Waals surface area contributed by atoms with Gasteiger partial charge in [-0.3, -0.25) is 4.79 Å². The summed E-state index contributed by atoms with van der Waals surface area (Å²) < 4.78 is 0. The average Bonchev–Trinajstić information content (AvgIpc) is 2.28. The van der Waals surface area contributed by atoms with Crippen LogP contribution in [0.2, 0.25) is 0 Å². The topological polar surface area (TPSA) is 66.6 Å². The van der Waals surface area contributed by atoms with E-state index in [1.165, 1.54) is 4.90 Å². The fourth-order valence-corrected chi connectivity index (χ4v) is 1.99. The van der Waals surface area contributed by atoms with Crippen molar-refractivity contribution in [2.75, 3.05) is 24.7 Å². The predicted molar refractivity (Wildman–Crippen MR) is 71.7 cm³/mol.